The van der Waals surface area contributed by atoms with E-state index in [1.165, 1.54) is 13.0 Å². The maximum atomic E-state index is 13.1. The molecule has 8 nitrogen and oxygen atoms in total. The molecule has 3 rings (SSSR count). The number of aryl methyl sites for hydroxylation is 1. The van der Waals surface area contributed by atoms with Crippen LogP contribution in [0.25, 0.3) is 0 Å². The van der Waals surface area contributed by atoms with Gasteiger partial charge in [-0.05, 0) is 37.3 Å². The summed E-state index contributed by atoms with van der Waals surface area (Å²) in [5.74, 6) is -1.78. The summed E-state index contributed by atoms with van der Waals surface area (Å²) in [7, 11) is 0. The molecule has 1 heterocycles. The maximum absolute atomic E-state index is 13.1. The maximum Gasteiger partial charge on any atom is 0.327 e. The summed E-state index contributed by atoms with van der Waals surface area (Å²) in [5, 5.41) is 5.29. The van der Waals surface area contributed by atoms with E-state index in [1.54, 1.807) is 0 Å². The van der Waals surface area contributed by atoms with Crippen molar-refractivity contribution in [3.8, 4) is 0 Å². The van der Waals surface area contributed by atoms with Gasteiger partial charge in [-0.1, -0.05) is 30.3 Å². The highest BCUT2D eigenvalue weighted by molar-refractivity contribution is 6.09. The van der Waals surface area contributed by atoms with Gasteiger partial charge in [0.2, 0.25) is 0 Å². The Morgan fingerprint density at radius 1 is 1.39 bits per heavy atom. The predicted octanol–water partition coefficient (Wildman–Crippen LogP) is 1.00. The number of fused-ring (bicyclic) bond motifs is 2. The van der Waals surface area contributed by atoms with Crippen molar-refractivity contribution in [2.45, 2.75) is 37.8 Å². The zero-order valence-electron chi connectivity index (χ0n) is 15.7. The highest BCUT2D eigenvalue weighted by Crippen LogP contribution is 2.39. The Bertz CT molecular complexity index is 837. The third kappa shape index (κ3) is 3.49. The Morgan fingerprint density at radius 2 is 2.14 bits per heavy atom. The smallest absolute Gasteiger partial charge is 0.327 e. The lowest BCUT2D eigenvalue weighted by Crippen LogP contribution is -2.47. The topological polar surface area (TPSA) is 105 Å². The second-order valence-electron chi connectivity index (χ2n) is 6.90. The molecular weight excluding hydrogens is 362 g/mol. The quantitative estimate of drug-likeness (QED) is 0.432. The first-order chi connectivity index (χ1) is 13.4. The van der Waals surface area contributed by atoms with Crippen molar-refractivity contribution in [3.63, 3.8) is 0 Å². The fourth-order valence-corrected chi connectivity index (χ4v) is 3.69. The summed E-state index contributed by atoms with van der Waals surface area (Å²) < 4.78 is 5.05. The molecule has 1 aliphatic heterocycles. The molecule has 4 amide bonds. The summed E-state index contributed by atoms with van der Waals surface area (Å²) in [6, 6.07) is 6.86. The Morgan fingerprint density at radius 3 is 2.89 bits per heavy atom. The van der Waals surface area contributed by atoms with E-state index >= 15 is 0 Å². The summed E-state index contributed by atoms with van der Waals surface area (Å²) in [4.78, 5) is 50.4. The van der Waals surface area contributed by atoms with E-state index < -0.39 is 42.0 Å². The third-order valence-corrected chi connectivity index (χ3v) is 5.04. The Balaban J connectivity index is 1.71. The van der Waals surface area contributed by atoms with Gasteiger partial charge < -0.3 is 15.4 Å². The van der Waals surface area contributed by atoms with Crippen molar-refractivity contribution >= 4 is 23.8 Å². The average molecular weight is 385 g/mol. The van der Waals surface area contributed by atoms with Gasteiger partial charge in [0.25, 0.3) is 11.8 Å². The van der Waals surface area contributed by atoms with Gasteiger partial charge in [-0.3, -0.25) is 19.3 Å². The number of urea groups is 1. The molecule has 1 aromatic rings. The van der Waals surface area contributed by atoms with E-state index in [0.29, 0.717) is 6.42 Å². The van der Waals surface area contributed by atoms with Crippen molar-refractivity contribution in [3.05, 3.63) is 48.0 Å². The minimum atomic E-state index is -1.14. The average Bonchev–Trinajstić information content (AvgIpc) is 2.91. The van der Waals surface area contributed by atoms with Crippen LogP contribution in [0.5, 0.6) is 0 Å². The molecule has 2 aliphatic rings. The van der Waals surface area contributed by atoms with Crippen molar-refractivity contribution < 1.29 is 23.9 Å². The van der Waals surface area contributed by atoms with Crippen LogP contribution in [-0.2, 0) is 31.1 Å². The summed E-state index contributed by atoms with van der Waals surface area (Å²) >= 11 is 0. The number of amides is 4. The summed E-state index contributed by atoms with van der Waals surface area (Å²) in [6.45, 7) is 4.60. The molecule has 2 N–H and O–H groups in total. The normalized spacial score (nSPS) is 21.7. The van der Waals surface area contributed by atoms with Gasteiger partial charge in [-0.25, -0.2) is 4.79 Å². The van der Waals surface area contributed by atoms with Gasteiger partial charge in [-0.15, -0.1) is 6.58 Å². The van der Waals surface area contributed by atoms with Gasteiger partial charge in [0.15, 0.2) is 6.10 Å². The lowest BCUT2D eigenvalue weighted by molar-refractivity contribution is -0.156. The molecule has 0 bridgehead atoms. The summed E-state index contributed by atoms with van der Waals surface area (Å²) in [5.41, 5.74) is 0.645. The van der Waals surface area contributed by atoms with E-state index in [1.807, 2.05) is 24.3 Å². The molecule has 2 atom stereocenters. The number of ether oxygens (including phenoxy) is 1. The fraction of sp³-hybridized carbons (Fsp3) is 0.400. The van der Waals surface area contributed by atoms with E-state index in [9.17, 15) is 19.2 Å². The Labute approximate surface area is 162 Å². The highest BCUT2D eigenvalue weighted by atomic mass is 16.5. The van der Waals surface area contributed by atoms with Crippen molar-refractivity contribution in [1.82, 2.24) is 15.5 Å². The van der Waals surface area contributed by atoms with Crippen LogP contribution in [0.1, 0.15) is 30.9 Å². The molecule has 28 heavy (non-hydrogen) atoms. The van der Waals surface area contributed by atoms with E-state index in [-0.39, 0.29) is 6.54 Å². The number of carbonyl (C=O) groups excluding carboxylic acids is 4. The fourth-order valence-electron chi connectivity index (χ4n) is 3.69. The molecule has 1 spiro atoms. The number of benzene rings is 1. The molecule has 0 radical (unpaired) electrons. The monoisotopic (exact) mass is 385 g/mol. The molecule has 1 aliphatic carbocycles. The highest BCUT2D eigenvalue weighted by Gasteiger charge is 2.54. The SMILES string of the molecule is C=CCNC(=O)[C@H](C)OC(=O)CN1C(=O)N[C@@]2(CCCc3ccccc32)C1=O. The van der Waals surface area contributed by atoms with Crippen LogP contribution >= 0.6 is 0 Å². The molecule has 1 saturated heterocycles. The van der Waals surface area contributed by atoms with Crippen LogP contribution in [0.3, 0.4) is 0 Å². The van der Waals surface area contributed by atoms with Crippen LogP contribution in [0.2, 0.25) is 0 Å². The van der Waals surface area contributed by atoms with Crippen molar-refractivity contribution in [1.29, 1.82) is 0 Å². The first-order valence-corrected chi connectivity index (χ1v) is 9.19. The first-order valence-electron chi connectivity index (χ1n) is 9.19. The molecule has 1 fully saturated rings. The standard InChI is InChI=1S/C20H23N3O5/c1-3-11-21-17(25)13(2)28-16(24)12-23-18(26)20(22-19(23)27)10-6-8-14-7-4-5-9-15(14)20/h3-5,7,9,13H,1,6,8,10-12H2,2H3,(H,21,25)(H,22,27)/t13-,20+/m0/s1. The van der Waals surface area contributed by atoms with Crippen molar-refractivity contribution in [2.75, 3.05) is 13.1 Å². The number of rotatable bonds is 6. The third-order valence-electron chi connectivity index (χ3n) is 5.04. The van der Waals surface area contributed by atoms with Crippen LogP contribution in [-0.4, -0.2) is 47.9 Å². The molecule has 0 aromatic heterocycles. The predicted molar refractivity (Wildman–Crippen MR) is 100 cm³/mol. The van der Waals surface area contributed by atoms with Crippen LogP contribution < -0.4 is 10.6 Å². The Kier molecular flexibility index (Phi) is 5.48. The largest absolute Gasteiger partial charge is 0.451 e. The van der Waals surface area contributed by atoms with E-state index in [4.69, 9.17) is 4.74 Å². The summed E-state index contributed by atoms with van der Waals surface area (Å²) in [6.07, 6.45) is 2.52. The number of hydrogen-bond donors (Lipinski definition) is 2. The van der Waals surface area contributed by atoms with Crippen LogP contribution in [0.15, 0.2) is 36.9 Å². The molecule has 0 unspecified atom stereocenters. The zero-order valence-corrected chi connectivity index (χ0v) is 15.7. The van der Waals surface area contributed by atoms with Crippen LogP contribution in [0, 0.1) is 0 Å². The number of imide groups is 1. The van der Waals surface area contributed by atoms with Crippen molar-refractivity contribution in [2.24, 2.45) is 0 Å². The number of esters is 1. The zero-order chi connectivity index (χ0) is 20.3. The molecule has 148 valence electrons. The van der Waals surface area contributed by atoms with Gasteiger partial charge in [0.05, 0.1) is 0 Å². The molecule has 1 aromatic carbocycles. The molecular formula is C20H23N3O5. The van der Waals surface area contributed by atoms with E-state index in [0.717, 1.165) is 28.9 Å². The van der Waals surface area contributed by atoms with E-state index in [2.05, 4.69) is 17.2 Å². The first kappa shape index (κ1) is 19.6. The second kappa shape index (κ2) is 7.84. The lowest BCUT2D eigenvalue weighted by atomic mass is 9.76. The van der Waals surface area contributed by atoms with Gasteiger partial charge in [0, 0.05) is 6.54 Å². The molecule has 0 saturated carbocycles. The number of nitrogens with one attached hydrogen (secondary N) is 2. The minimum absolute atomic E-state index is 0.246. The number of carbonyl (C=O) groups is 4. The molecule has 8 heteroatoms. The van der Waals surface area contributed by atoms with Gasteiger partial charge >= 0.3 is 12.0 Å². The number of nitrogens with zero attached hydrogens (tertiary/aromatic N) is 1. The second-order valence-corrected chi connectivity index (χ2v) is 6.90. The lowest BCUT2D eigenvalue weighted by Gasteiger charge is -2.33. The Hall–Kier alpha value is -3.16. The minimum Gasteiger partial charge on any atom is -0.451 e. The van der Waals surface area contributed by atoms with Crippen LogP contribution in [0.4, 0.5) is 4.79 Å². The van der Waals surface area contributed by atoms with Gasteiger partial charge in [0.1, 0.15) is 12.1 Å². The number of hydrogen-bond acceptors (Lipinski definition) is 5. The van der Waals surface area contributed by atoms with Gasteiger partial charge in [-0.2, -0.15) is 0 Å².